The molecule has 0 bridgehead atoms. The molecule has 5 nitrogen and oxygen atoms in total. The molecule has 2 rings (SSSR count). The minimum absolute atomic E-state index is 0.0105. The fraction of sp³-hybridized carbons (Fsp3) is 0.588. The van der Waals surface area contributed by atoms with Crippen LogP contribution in [0.1, 0.15) is 133 Å². The highest BCUT2D eigenvalue weighted by atomic mass is 16.5. The van der Waals surface area contributed by atoms with E-state index >= 15 is 0 Å². The van der Waals surface area contributed by atoms with Crippen LogP contribution in [0.2, 0.25) is 0 Å². The molecule has 0 aliphatic heterocycles. The van der Waals surface area contributed by atoms with Crippen LogP contribution in [0.15, 0.2) is 48.5 Å². The number of esters is 1. The number of carbonyl (C=O) groups is 2. The van der Waals surface area contributed by atoms with E-state index in [4.69, 9.17) is 9.47 Å². The summed E-state index contributed by atoms with van der Waals surface area (Å²) < 4.78 is 11.3. The van der Waals surface area contributed by atoms with E-state index < -0.39 is 5.97 Å². The van der Waals surface area contributed by atoms with Gasteiger partial charge in [-0.3, -0.25) is 4.79 Å². The van der Waals surface area contributed by atoms with E-state index in [2.05, 4.69) is 19.2 Å². The summed E-state index contributed by atoms with van der Waals surface area (Å²) in [6.07, 6.45) is 20.5. The number of nitrogens with one attached hydrogen (secondary N) is 1. The van der Waals surface area contributed by atoms with Gasteiger partial charge < -0.3 is 14.8 Å². The molecular weight excluding hydrogens is 486 g/mol. The molecule has 0 aliphatic rings. The van der Waals surface area contributed by atoms with Crippen molar-refractivity contribution in [2.45, 2.75) is 123 Å². The minimum atomic E-state index is -0.431. The van der Waals surface area contributed by atoms with Gasteiger partial charge in [0.1, 0.15) is 11.5 Å². The highest BCUT2D eigenvalue weighted by Gasteiger charge is 2.10. The van der Waals surface area contributed by atoms with E-state index in [0.717, 1.165) is 25.0 Å². The Balaban J connectivity index is 1.60. The lowest BCUT2D eigenvalue weighted by atomic mass is 10.1. The van der Waals surface area contributed by atoms with Gasteiger partial charge >= 0.3 is 5.97 Å². The highest BCUT2D eigenvalue weighted by molar-refractivity contribution is 5.93. The number of benzene rings is 2. The van der Waals surface area contributed by atoms with E-state index in [1.165, 1.54) is 83.5 Å². The van der Waals surface area contributed by atoms with Crippen molar-refractivity contribution in [1.82, 2.24) is 0 Å². The molecule has 216 valence electrons. The lowest BCUT2D eigenvalue weighted by Crippen LogP contribution is -2.12. The normalized spacial score (nSPS) is 10.8. The predicted molar refractivity (Wildman–Crippen MR) is 162 cm³/mol. The summed E-state index contributed by atoms with van der Waals surface area (Å²) in [5.41, 5.74) is 1.12. The maximum atomic E-state index is 12.5. The molecule has 2 aromatic carbocycles. The maximum Gasteiger partial charge on any atom is 0.343 e. The van der Waals surface area contributed by atoms with Crippen molar-refractivity contribution in [2.75, 3.05) is 11.9 Å². The van der Waals surface area contributed by atoms with Gasteiger partial charge in [-0.15, -0.1) is 0 Å². The molecule has 0 atom stereocenters. The Morgan fingerprint density at radius 1 is 0.590 bits per heavy atom. The molecule has 0 spiro atoms. The van der Waals surface area contributed by atoms with Crippen molar-refractivity contribution >= 4 is 17.6 Å². The van der Waals surface area contributed by atoms with Gasteiger partial charge in [-0.1, -0.05) is 104 Å². The van der Waals surface area contributed by atoms with Crippen LogP contribution in [0.4, 0.5) is 5.69 Å². The topological polar surface area (TPSA) is 64.6 Å². The second-order valence-electron chi connectivity index (χ2n) is 10.5. The Morgan fingerprint density at radius 3 is 1.64 bits per heavy atom. The summed E-state index contributed by atoms with van der Waals surface area (Å²) in [5, 5.41) is 2.90. The maximum absolute atomic E-state index is 12.5. The summed E-state index contributed by atoms with van der Waals surface area (Å²) in [7, 11) is 0. The molecule has 0 saturated heterocycles. The number of hydrogen-bond acceptors (Lipinski definition) is 4. The van der Waals surface area contributed by atoms with E-state index in [0.29, 0.717) is 30.0 Å². The van der Waals surface area contributed by atoms with Crippen LogP contribution in [0.25, 0.3) is 0 Å². The van der Waals surface area contributed by atoms with Crippen molar-refractivity contribution < 1.29 is 19.1 Å². The molecule has 39 heavy (non-hydrogen) atoms. The smallest absolute Gasteiger partial charge is 0.343 e. The Morgan fingerprint density at radius 2 is 1.08 bits per heavy atom. The van der Waals surface area contributed by atoms with Crippen molar-refractivity contribution in [2.24, 2.45) is 0 Å². The SMILES string of the molecule is CCCCCCCCCCCCOc1ccc(OC(=O)c2ccc(NC(=O)CCCCCCCC)cc2)cc1. The van der Waals surface area contributed by atoms with Crippen molar-refractivity contribution in [3.05, 3.63) is 54.1 Å². The van der Waals surface area contributed by atoms with Crippen LogP contribution in [0.3, 0.4) is 0 Å². The van der Waals surface area contributed by atoms with Gasteiger partial charge in [-0.05, 0) is 61.4 Å². The first-order chi connectivity index (χ1) is 19.1. The Kier molecular flexibility index (Phi) is 17.5. The van der Waals surface area contributed by atoms with Gasteiger partial charge in [-0.2, -0.15) is 0 Å². The number of anilines is 1. The fourth-order valence-corrected chi connectivity index (χ4v) is 4.53. The van der Waals surface area contributed by atoms with Crippen LogP contribution in [-0.4, -0.2) is 18.5 Å². The van der Waals surface area contributed by atoms with Crippen molar-refractivity contribution in [1.29, 1.82) is 0 Å². The number of unbranched alkanes of at least 4 members (excludes halogenated alkanes) is 14. The molecular formula is C34H51NO4. The van der Waals surface area contributed by atoms with Gasteiger partial charge in [0.15, 0.2) is 0 Å². The Bertz CT molecular complexity index is 908. The first-order valence-corrected chi connectivity index (χ1v) is 15.5. The predicted octanol–water partition coefficient (Wildman–Crippen LogP) is 9.89. The zero-order valence-electron chi connectivity index (χ0n) is 24.5. The van der Waals surface area contributed by atoms with Gasteiger partial charge in [0.05, 0.1) is 12.2 Å². The third-order valence-electron chi connectivity index (χ3n) is 6.96. The standard InChI is InChI=1S/C34H51NO4/c1-3-5-7-9-11-12-13-14-16-18-28-38-31-24-26-32(27-25-31)39-34(37)29-20-22-30(23-21-29)35-33(36)19-17-15-10-8-6-4-2/h20-27H,3-19,28H2,1-2H3,(H,35,36). The van der Waals surface area contributed by atoms with Crippen LogP contribution >= 0.6 is 0 Å². The highest BCUT2D eigenvalue weighted by Crippen LogP contribution is 2.20. The molecule has 5 heteroatoms. The second-order valence-corrected chi connectivity index (χ2v) is 10.5. The van der Waals surface area contributed by atoms with E-state index in [1.54, 1.807) is 36.4 Å². The largest absolute Gasteiger partial charge is 0.494 e. The monoisotopic (exact) mass is 537 g/mol. The van der Waals surface area contributed by atoms with E-state index in [-0.39, 0.29) is 5.91 Å². The molecule has 0 fully saturated rings. The van der Waals surface area contributed by atoms with Gasteiger partial charge in [0, 0.05) is 12.1 Å². The van der Waals surface area contributed by atoms with E-state index in [1.807, 2.05) is 12.1 Å². The number of hydrogen-bond donors (Lipinski definition) is 1. The molecule has 2 aromatic rings. The number of rotatable bonds is 22. The first-order valence-electron chi connectivity index (χ1n) is 15.5. The first kappa shape index (κ1) is 32.4. The zero-order valence-corrected chi connectivity index (χ0v) is 24.5. The summed E-state index contributed by atoms with van der Waals surface area (Å²) in [4.78, 5) is 24.7. The third kappa shape index (κ3) is 15.4. The lowest BCUT2D eigenvalue weighted by molar-refractivity contribution is -0.116. The summed E-state index contributed by atoms with van der Waals surface area (Å²) in [6, 6.07) is 14.0. The van der Waals surface area contributed by atoms with Gasteiger partial charge in [-0.25, -0.2) is 4.79 Å². The molecule has 0 heterocycles. The Hall–Kier alpha value is -2.82. The van der Waals surface area contributed by atoms with E-state index in [9.17, 15) is 9.59 Å². The van der Waals surface area contributed by atoms with Crippen LogP contribution in [0, 0.1) is 0 Å². The number of amides is 1. The van der Waals surface area contributed by atoms with Gasteiger partial charge in [0.25, 0.3) is 0 Å². The lowest BCUT2D eigenvalue weighted by Gasteiger charge is -2.09. The quantitative estimate of drug-likeness (QED) is 0.0922. The molecule has 0 aliphatic carbocycles. The average molecular weight is 538 g/mol. The summed E-state index contributed by atoms with van der Waals surface area (Å²) in [6.45, 7) is 5.16. The van der Waals surface area contributed by atoms with Crippen LogP contribution < -0.4 is 14.8 Å². The van der Waals surface area contributed by atoms with Crippen LogP contribution in [-0.2, 0) is 4.79 Å². The summed E-state index contributed by atoms with van der Waals surface area (Å²) >= 11 is 0. The fourth-order valence-electron chi connectivity index (χ4n) is 4.53. The molecule has 0 aromatic heterocycles. The summed E-state index contributed by atoms with van der Waals surface area (Å²) in [5.74, 6) is 0.838. The van der Waals surface area contributed by atoms with Crippen molar-refractivity contribution in [3.8, 4) is 11.5 Å². The number of carbonyl (C=O) groups excluding carboxylic acids is 2. The zero-order chi connectivity index (χ0) is 28.0. The molecule has 0 saturated carbocycles. The Labute approximate surface area is 237 Å². The molecule has 1 N–H and O–H groups in total. The molecule has 1 amide bonds. The van der Waals surface area contributed by atoms with Crippen LogP contribution in [0.5, 0.6) is 11.5 Å². The molecule has 0 radical (unpaired) electrons. The van der Waals surface area contributed by atoms with Crippen molar-refractivity contribution in [3.63, 3.8) is 0 Å². The number of ether oxygens (including phenoxy) is 2. The molecule has 0 unspecified atom stereocenters. The minimum Gasteiger partial charge on any atom is -0.494 e. The third-order valence-corrected chi connectivity index (χ3v) is 6.96. The average Bonchev–Trinajstić information content (AvgIpc) is 2.95. The second kappa shape index (κ2) is 21.1. The van der Waals surface area contributed by atoms with Gasteiger partial charge in [0.2, 0.25) is 5.91 Å².